The van der Waals surface area contributed by atoms with Crippen LogP contribution in [0, 0.1) is 0 Å². The molecule has 1 aliphatic heterocycles. The molecule has 0 unspecified atom stereocenters. The molecule has 0 saturated carbocycles. The fourth-order valence-electron chi connectivity index (χ4n) is 3.10. The van der Waals surface area contributed by atoms with E-state index in [0.29, 0.717) is 13.0 Å². The number of carbonyl (C=O) groups is 1. The van der Waals surface area contributed by atoms with E-state index in [0.717, 1.165) is 40.0 Å². The van der Waals surface area contributed by atoms with Crippen molar-refractivity contribution >= 4 is 28.8 Å². The number of fused-ring (bicyclic) bond motifs is 1. The predicted octanol–water partition coefficient (Wildman–Crippen LogP) is 3.60. The van der Waals surface area contributed by atoms with Gasteiger partial charge in [0.1, 0.15) is 6.33 Å². The van der Waals surface area contributed by atoms with Crippen molar-refractivity contribution in [1.82, 2.24) is 9.55 Å². The Morgan fingerprint density at radius 2 is 2.04 bits per heavy atom. The lowest BCUT2D eigenvalue weighted by atomic mass is 10.1. The monoisotopic (exact) mass is 345 g/mol. The number of aromatic nitrogens is 2. The summed E-state index contributed by atoms with van der Waals surface area (Å²) in [5, 5.41) is 0. The van der Waals surface area contributed by atoms with Crippen LogP contribution in [-0.2, 0) is 16.0 Å². The first kappa shape index (κ1) is 16.3. The topological polar surface area (TPSA) is 56.5 Å². The van der Waals surface area contributed by atoms with Crippen molar-refractivity contribution in [3.05, 3.63) is 66.0 Å². The average molecular weight is 345 g/mol. The first-order valence-corrected chi connectivity index (χ1v) is 8.67. The van der Waals surface area contributed by atoms with E-state index in [2.05, 4.69) is 34.3 Å². The molecule has 0 radical (unpaired) electrons. The van der Waals surface area contributed by atoms with Gasteiger partial charge in [0.2, 0.25) is 0 Å². The largest absolute Gasteiger partial charge is 0.466 e. The van der Waals surface area contributed by atoms with Gasteiger partial charge < -0.3 is 4.74 Å². The molecule has 1 aromatic heterocycles. The molecule has 4 rings (SSSR count). The number of nitrogens with zero attached hydrogens (tertiary/aromatic N) is 3. The number of hydrogen-bond donors (Lipinski definition) is 0. The fraction of sp³-hybridized carbons (Fsp3) is 0.190. The highest BCUT2D eigenvalue weighted by atomic mass is 16.5. The van der Waals surface area contributed by atoms with Crippen molar-refractivity contribution in [2.75, 3.05) is 13.2 Å². The third-order valence-electron chi connectivity index (χ3n) is 4.40. The fourth-order valence-corrected chi connectivity index (χ4v) is 3.10. The van der Waals surface area contributed by atoms with Crippen LogP contribution in [0.15, 0.2) is 59.9 Å². The quantitative estimate of drug-likeness (QED) is 0.664. The van der Waals surface area contributed by atoms with Crippen molar-refractivity contribution in [1.29, 1.82) is 0 Å². The normalized spacial score (nSPS) is 13.2. The van der Waals surface area contributed by atoms with Gasteiger partial charge in [-0.1, -0.05) is 24.3 Å². The molecule has 0 bridgehead atoms. The molecular formula is C21H19N3O2. The lowest BCUT2D eigenvalue weighted by Gasteiger charge is -2.07. The van der Waals surface area contributed by atoms with E-state index in [4.69, 9.17) is 4.74 Å². The molecule has 3 aromatic rings. The van der Waals surface area contributed by atoms with Gasteiger partial charge in [-0.25, -0.2) is 4.98 Å². The van der Waals surface area contributed by atoms with Crippen LogP contribution in [0.1, 0.15) is 18.1 Å². The summed E-state index contributed by atoms with van der Waals surface area (Å²) < 4.78 is 7.04. The summed E-state index contributed by atoms with van der Waals surface area (Å²) in [7, 11) is 0. The second-order valence-electron chi connectivity index (χ2n) is 6.12. The molecule has 2 heterocycles. The van der Waals surface area contributed by atoms with Gasteiger partial charge in [0.15, 0.2) is 0 Å². The molecule has 0 saturated heterocycles. The number of esters is 1. The van der Waals surface area contributed by atoms with Gasteiger partial charge in [-0.05, 0) is 47.9 Å². The molecule has 0 aliphatic carbocycles. The Bertz CT molecular complexity index is 1010. The van der Waals surface area contributed by atoms with Crippen LogP contribution in [-0.4, -0.2) is 34.9 Å². The van der Waals surface area contributed by atoms with Crippen LogP contribution >= 0.6 is 0 Å². The predicted molar refractivity (Wildman–Crippen MR) is 103 cm³/mol. The zero-order chi connectivity index (χ0) is 17.9. The summed E-state index contributed by atoms with van der Waals surface area (Å²) in [5.74, 6) is -0.203. The first-order chi connectivity index (χ1) is 12.7. The number of aliphatic imine (C=N–C) groups is 1. The van der Waals surface area contributed by atoms with E-state index in [9.17, 15) is 4.79 Å². The van der Waals surface area contributed by atoms with Gasteiger partial charge in [-0.15, -0.1) is 0 Å². The summed E-state index contributed by atoms with van der Waals surface area (Å²) in [6, 6.07) is 14.2. The third-order valence-corrected chi connectivity index (χ3v) is 4.40. The Kier molecular flexibility index (Phi) is 4.35. The molecule has 130 valence electrons. The van der Waals surface area contributed by atoms with Crippen LogP contribution in [0.4, 0.5) is 0 Å². The zero-order valence-corrected chi connectivity index (χ0v) is 14.6. The Hall–Kier alpha value is -3.21. The first-order valence-electron chi connectivity index (χ1n) is 8.67. The van der Waals surface area contributed by atoms with Gasteiger partial charge in [0, 0.05) is 11.9 Å². The highest BCUT2D eigenvalue weighted by Gasteiger charge is 2.09. The standard InChI is InChI=1S/C21H19N3O2/c1-2-26-21(25)11-15-3-6-18(7-4-15)24-14-23-19-12-16(5-8-20(19)24)17-9-10-22-13-17/h3-9,12-14H,2,10-11H2,1H3. The molecule has 2 aromatic carbocycles. The highest BCUT2D eigenvalue weighted by Crippen LogP contribution is 2.23. The van der Waals surface area contributed by atoms with Crippen molar-refractivity contribution < 1.29 is 9.53 Å². The number of benzene rings is 2. The molecule has 0 atom stereocenters. The Labute approximate surface area is 151 Å². The van der Waals surface area contributed by atoms with Crippen LogP contribution in [0.2, 0.25) is 0 Å². The number of imidazole rings is 1. The van der Waals surface area contributed by atoms with Crippen LogP contribution in [0.25, 0.3) is 22.3 Å². The van der Waals surface area contributed by atoms with Gasteiger partial charge in [0.25, 0.3) is 0 Å². The van der Waals surface area contributed by atoms with Crippen LogP contribution in [0.5, 0.6) is 0 Å². The summed E-state index contributed by atoms with van der Waals surface area (Å²) in [5.41, 5.74) is 6.21. The van der Waals surface area contributed by atoms with E-state index in [1.165, 1.54) is 0 Å². The average Bonchev–Trinajstić information content (AvgIpc) is 3.32. The third kappa shape index (κ3) is 3.16. The van der Waals surface area contributed by atoms with Crippen LogP contribution < -0.4 is 0 Å². The van der Waals surface area contributed by atoms with Crippen molar-refractivity contribution in [3.63, 3.8) is 0 Å². The maximum Gasteiger partial charge on any atom is 0.310 e. The molecule has 1 aliphatic rings. The maximum absolute atomic E-state index is 11.6. The molecular weight excluding hydrogens is 326 g/mol. The van der Waals surface area contributed by atoms with Crippen molar-refractivity contribution in [3.8, 4) is 5.69 Å². The smallest absolute Gasteiger partial charge is 0.310 e. The number of hydrogen-bond acceptors (Lipinski definition) is 4. The SMILES string of the molecule is CCOC(=O)Cc1ccc(-n2cnc3cc(C4=CCN=C4)ccc32)cc1. The van der Waals surface area contributed by atoms with E-state index < -0.39 is 0 Å². The number of carbonyl (C=O) groups excluding carboxylic acids is 1. The Morgan fingerprint density at radius 1 is 1.19 bits per heavy atom. The number of rotatable bonds is 5. The van der Waals surface area contributed by atoms with Crippen LogP contribution in [0.3, 0.4) is 0 Å². The van der Waals surface area contributed by atoms with Gasteiger partial charge in [-0.3, -0.25) is 14.4 Å². The zero-order valence-electron chi connectivity index (χ0n) is 14.6. The van der Waals surface area contributed by atoms with Crippen molar-refractivity contribution in [2.45, 2.75) is 13.3 Å². The van der Waals surface area contributed by atoms with Gasteiger partial charge in [-0.2, -0.15) is 0 Å². The Morgan fingerprint density at radius 3 is 2.77 bits per heavy atom. The van der Waals surface area contributed by atoms with Gasteiger partial charge in [0.05, 0.1) is 30.6 Å². The molecule has 0 spiro atoms. The van der Waals surface area contributed by atoms with Crippen molar-refractivity contribution in [2.24, 2.45) is 4.99 Å². The highest BCUT2D eigenvalue weighted by molar-refractivity contribution is 6.12. The summed E-state index contributed by atoms with van der Waals surface area (Å²) >= 11 is 0. The maximum atomic E-state index is 11.6. The molecule has 5 nitrogen and oxygen atoms in total. The second kappa shape index (κ2) is 6.96. The minimum atomic E-state index is -0.203. The van der Waals surface area contributed by atoms with Gasteiger partial charge >= 0.3 is 5.97 Å². The van der Waals surface area contributed by atoms with E-state index in [-0.39, 0.29) is 5.97 Å². The molecule has 0 N–H and O–H groups in total. The Balaban J connectivity index is 1.60. The summed E-state index contributed by atoms with van der Waals surface area (Å²) in [6.07, 6.45) is 6.13. The molecule has 0 amide bonds. The number of ether oxygens (including phenoxy) is 1. The number of allylic oxidation sites excluding steroid dienone is 1. The van der Waals surface area contributed by atoms with E-state index in [1.807, 2.05) is 48.3 Å². The minimum absolute atomic E-state index is 0.203. The summed E-state index contributed by atoms with van der Waals surface area (Å²) in [4.78, 5) is 20.4. The second-order valence-corrected chi connectivity index (χ2v) is 6.12. The molecule has 0 fully saturated rings. The molecule has 5 heteroatoms. The van der Waals surface area contributed by atoms with E-state index in [1.54, 1.807) is 0 Å². The lowest BCUT2D eigenvalue weighted by Crippen LogP contribution is -2.07. The van der Waals surface area contributed by atoms with E-state index >= 15 is 0 Å². The minimum Gasteiger partial charge on any atom is -0.466 e. The summed E-state index contributed by atoms with van der Waals surface area (Å²) in [6.45, 7) is 2.97. The lowest BCUT2D eigenvalue weighted by molar-refractivity contribution is -0.142. The molecule has 26 heavy (non-hydrogen) atoms.